The van der Waals surface area contributed by atoms with Gasteiger partial charge in [0.25, 0.3) is 0 Å². The maximum Gasteiger partial charge on any atom is 0.123 e. The van der Waals surface area contributed by atoms with Crippen molar-refractivity contribution in [3.63, 3.8) is 0 Å². The second-order valence-corrected chi connectivity index (χ2v) is 8.15. The summed E-state index contributed by atoms with van der Waals surface area (Å²) in [5.41, 5.74) is 14.9. The zero-order chi connectivity index (χ0) is 17.8. The highest BCUT2D eigenvalue weighted by molar-refractivity contribution is 5.44. The second-order valence-electron chi connectivity index (χ2n) is 8.15. The van der Waals surface area contributed by atoms with E-state index < -0.39 is 0 Å². The quantitative estimate of drug-likeness (QED) is 0.782. The highest BCUT2D eigenvalue weighted by Gasteiger charge is 2.33. The maximum absolute atomic E-state index is 6.72. The van der Waals surface area contributed by atoms with Crippen molar-refractivity contribution in [2.75, 3.05) is 20.3 Å². The predicted octanol–water partition coefficient (Wildman–Crippen LogP) is 3.45. The third-order valence-electron chi connectivity index (χ3n) is 5.04. The van der Waals surface area contributed by atoms with Crippen LogP contribution < -0.4 is 16.2 Å². The Morgan fingerprint density at radius 2 is 1.83 bits per heavy atom. The molecule has 1 aromatic carbocycles. The highest BCUT2D eigenvalue weighted by atomic mass is 16.5. The van der Waals surface area contributed by atoms with Crippen molar-refractivity contribution < 1.29 is 9.47 Å². The lowest BCUT2D eigenvalue weighted by Crippen LogP contribution is -2.43. The van der Waals surface area contributed by atoms with Crippen LogP contribution in [0.25, 0.3) is 0 Å². The number of hydrogen-bond donors (Lipinski definition) is 2. The van der Waals surface area contributed by atoms with Crippen LogP contribution in [0, 0.1) is 0 Å². The van der Waals surface area contributed by atoms with Crippen molar-refractivity contribution in [2.45, 2.75) is 69.9 Å². The lowest BCUT2D eigenvalue weighted by atomic mass is 9.75. The molecule has 136 valence electrons. The third kappa shape index (κ3) is 4.71. The van der Waals surface area contributed by atoms with Gasteiger partial charge in [-0.2, -0.15) is 0 Å². The minimum atomic E-state index is -0.281. The fourth-order valence-corrected chi connectivity index (χ4v) is 3.40. The van der Waals surface area contributed by atoms with Gasteiger partial charge < -0.3 is 20.9 Å². The maximum atomic E-state index is 6.72. The summed E-state index contributed by atoms with van der Waals surface area (Å²) in [7, 11) is 1.72. The molecule has 4 heteroatoms. The molecule has 1 aliphatic carbocycles. The Labute approximate surface area is 146 Å². The predicted molar refractivity (Wildman–Crippen MR) is 99.4 cm³/mol. The highest BCUT2D eigenvalue weighted by Crippen LogP contribution is 2.39. The first-order chi connectivity index (χ1) is 11.3. The van der Waals surface area contributed by atoms with E-state index in [1.165, 1.54) is 11.1 Å². The molecule has 1 saturated carbocycles. The van der Waals surface area contributed by atoms with E-state index in [2.05, 4.69) is 39.0 Å². The Balaban J connectivity index is 2.24. The van der Waals surface area contributed by atoms with Crippen LogP contribution in [0.3, 0.4) is 0 Å². The molecule has 0 saturated heterocycles. The topological polar surface area (TPSA) is 70.5 Å². The first-order valence-electron chi connectivity index (χ1n) is 9.07. The van der Waals surface area contributed by atoms with E-state index in [-0.39, 0.29) is 11.0 Å². The lowest BCUT2D eigenvalue weighted by Gasteiger charge is -2.37. The van der Waals surface area contributed by atoms with E-state index in [0.29, 0.717) is 19.3 Å². The molecule has 0 spiro atoms. The van der Waals surface area contributed by atoms with Gasteiger partial charge in [0, 0.05) is 31.7 Å². The molecule has 24 heavy (non-hydrogen) atoms. The van der Waals surface area contributed by atoms with Crippen molar-refractivity contribution in [2.24, 2.45) is 11.5 Å². The number of hydrogen-bond acceptors (Lipinski definition) is 4. The number of rotatable bonds is 6. The van der Waals surface area contributed by atoms with Gasteiger partial charge in [-0.1, -0.05) is 32.9 Å². The standard InChI is InChI=1S/C20H34N2O2/c1-19(2,3)17-7-6-15(14-18(17)24-13-5-12-23-4)20(22)10-8-16(21)9-11-20/h6-7,14,16H,5,8-13,21-22H2,1-4H3. The summed E-state index contributed by atoms with van der Waals surface area (Å²) < 4.78 is 11.2. The minimum absolute atomic E-state index is 0.0335. The smallest absolute Gasteiger partial charge is 0.123 e. The van der Waals surface area contributed by atoms with E-state index in [1.807, 2.05) is 0 Å². The lowest BCUT2D eigenvalue weighted by molar-refractivity contribution is 0.171. The first-order valence-corrected chi connectivity index (χ1v) is 9.07. The summed E-state index contributed by atoms with van der Waals surface area (Å²) >= 11 is 0. The van der Waals surface area contributed by atoms with Gasteiger partial charge >= 0.3 is 0 Å². The summed E-state index contributed by atoms with van der Waals surface area (Å²) in [6.07, 6.45) is 4.73. The van der Waals surface area contributed by atoms with Crippen LogP contribution in [0.2, 0.25) is 0 Å². The Kier molecular flexibility index (Phi) is 6.29. The van der Waals surface area contributed by atoms with E-state index in [9.17, 15) is 0 Å². The normalized spacial score (nSPS) is 24.8. The van der Waals surface area contributed by atoms with E-state index >= 15 is 0 Å². The summed E-state index contributed by atoms with van der Waals surface area (Å²) in [6, 6.07) is 6.81. The number of methoxy groups -OCH3 is 1. The van der Waals surface area contributed by atoms with Crippen LogP contribution in [0.15, 0.2) is 18.2 Å². The largest absolute Gasteiger partial charge is 0.493 e. The van der Waals surface area contributed by atoms with Gasteiger partial charge in [0.15, 0.2) is 0 Å². The number of benzene rings is 1. The van der Waals surface area contributed by atoms with Crippen molar-refractivity contribution in [3.05, 3.63) is 29.3 Å². The Bertz CT molecular complexity index is 529. The average molecular weight is 335 g/mol. The fourth-order valence-electron chi connectivity index (χ4n) is 3.40. The molecule has 0 unspecified atom stereocenters. The van der Waals surface area contributed by atoms with Gasteiger partial charge in [0.2, 0.25) is 0 Å². The summed E-state index contributed by atoms with van der Waals surface area (Å²) in [5, 5.41) is 0. The van der Waals surface area contributed by atoms with Crippen molar-refractivity contribution >= 4 is 0 Å². The molecule has 0 aliphatic heterocycles. The van der Waals surface area contributed by atoms with E-state index in [1.54, 1.807) is 7.11 Å². The molecule has 0 radical (unpaired) electrons. The Morgan fingerprint density at radius 1 is 1.17 bits per heavy atom. The molecule has 1 aliphatic rings. The van der Waals surface area contributed by atoms with Crippen molar-refractivity contribution in [1.29, 1.82) is 0 Å². The van der Waals surface area contributed by atoms with Crippen LogP contribution in [0.1, 0.15) is 64.0 Å². The average Bonchev–Trinajstić information content (AvgIpc) is 2.53. The molecule has 0 heterocycles. The van der Waals surface area contributed by atoms with Crippen LogP contribution in [0.5, 0.6) is 5.75 Å². The van der Waals surface area contributed by atoms with Crippen molar-refractivity contribution in [3.8, 4) is 5.75 Å². The number of ether oxygens (including phenoxy) is 2. The van der Waals surface area contributed by atoms with Crippen LogP contribution in [0.4, 0.5) is 0 Å². The molecule has 0 atom stereocenters. The summed E-state index contributed by atoms with van der Waals surface area (Å²) in [4.78, 5) is 0. The van der Waals surface area contributed by atoms with Crippen LogP contribution in [-0.4, -0.2) is 26.4 Å². The zero-order valence-electron chi connectivity index (χ0n) is 15.7. The summed E-state index contributed by atoms with van der Waals surface area (Å²) in [6.45, 7) is 8.00. The van der Waals surface area contributed by atoms with Gasteiger partial charge in [-0.3, -0.25) is 0 Å². The van der Waals surface area contributed by atoms with Gasteiger partial charge in [-0.25, -0.2) is 0 Å². The molecule has 4 nitrogen and oxygen atoms in total. The van der Waals surface area contributed by atoms with Crippen molar-refractivity contribution in [1.82, 2.24) is 0 Å². The molecule has 0 amide bonds. The summed E-state index contributed by atoms with van der Waals surface area (Å²) in [5.74, 6) is 0.954. The molecule has 4 N–H and O–H groups in total. The molecule has 0 bridgehead atoms. The van der Waals surface area contributed by atoms with Crippen LogP contribution in [-0.2, 0) is 15.7 Å². The molecular weight excluding hydrogens is 300 g/mol. The monoisotopic (exact) mass is 334 g/mol. The van der Waals surface area contributed by atoms with Gasteiger partial charge in [-0.05, 0) is 48.3 Å². The second kappa shape index (κ2) is 7.85. The van der Waals surface area contributed by atoms with E-state index in [0.717, 1.165) is 37.9 Å². The minimum Gasteiger partial charge on any atom is -0.493 e. The van der Waals surface area contributed by atoms with Gasteiger partial charge in [-0.15, -0.1) is 0 Å². The van der Waals surface area contributed by atoms with E-state index in [4.69, 9.17) is 20.9 Å². The fraction of sp³-hybridized carbons (Fsp3) is 0.700. The zero-order valence-corrected chi connectivity index (χ0v) is 15.7. The SMILES string of the molecule is COCCCOc1cc(C2(N)CCC(N)CC2)ccc1C(C)(C)C. The molecular formula is C20H34N2O2. The Hall–Kier alpha value is -1.10. The van der Waals surface area contributed by atoms with Crippen LogP contribution >= 0.6 is 0 Å². The number of nitrogens with two attached hydrogens (primary N) is 2. The Morgan fingerprint density at radius 3 is 2.42 bits per heavy atom. The first kappa shape index (κ1) is 19.2. The third-order valence-corrected chi connectivity index (χ3v) is 5.04. The molecule has 1 fully saturated rings. The molecule has 0 aromatic heterocycles. The van der Waals surface area contributed by atoms with Gasteiger partial charge in [0.1, 0.15) is 5.75 Å². The van der Waals surface area contributed by atoms with Gasteiger partial charge in [0.05, 0.1) is 6.61 Å². The molecule has 2 rings (SSSR count). The molecule has 1 aromatic rings.